The molecule has 6 heteroatoms. The Morgan fingerprint density at radius 3 is 2.32 bits per heavy atom. The largest absolute Gasteiger partial charge is 0.444 e. The van der Waals surface area contributed by atoms with Gasteiger partial charge in [0.25, 0.3) is 0 Å². The van der Waals surface area contributed by atoms with Crippen LogP contribution in [0, 0.1) is 0 Å². The number of nitrogens with one attached hydrogen (secondary N) is 1. The van der Waals surface area contributed by atoms with Gasteiger partial charge in [0.1, 0.15) is 11.4 Å². The topological polar surface area (TPSA) is 59.4 Å². The van der Waals surface area contributed by atoms with Crippen molar-refractivity contribution < 1.29 is 9.53 Å². The van der Waals surface area contributed by atoms with E-state index < -0.39 is 5.60 Å². The average Bonchev–Trinajstić information content (AvgIpc) is 2.96. The van der Waals surface area contributed by atoms with E-state index in [0.717, 1.165) is 44.7 Å². The fraction of sp³-hybridized carbons (Fsp3) is 0.818. The zero-order valence-corrected chi connectivity index (χ0v) is 19.1. The summed E-state index contributed by atoms with van der Waals surface area (Å²) in [6.45, 7) is 20.0. The number of carbonyl (C=O) groups excluding carboxylic acids is 1. The number of imidazole rings is 1. The third-order valence-electron chi connectivity index (χ3n) is 4.94. The van der Waals surface area contributed by atoms with E-state index in [1.54, 1.807) is 0 Å². The minimum Gasteiger partial charge on any atom is -0.444 e. The Morgan fingerprint density at radius 2 is 1.82 bits per heavy atom. The SMILES string of the molecule is CC(C)c1cn(CCNC(C)(C)C)c(C2CCN(C(=O)OC(C)(C)C)CC2)n1. The van der Waals surface area contributed by atoms with E-state index in [2.05, 4.69) is 50.7 Å². The maximum absolute atomic E-state index is 12.3. The molecule has 0 atom stereocenters. The summed E-state index contributed by atoms with van der Waals surface area (Å²) in [6, 6.07) is 0. The third kappa shape index (κ3) is 6.80. The molecule has 0 bridgehead atoms. The number of hydrogen-bond donors (Lipinski definition) is 1. The van der Waals surface area contributed by atoms with Crippen LogP contribution in [-0.2, 0) is 11.3 Å². The van der Waals surface area contributed by atoms with Gasteiger partial charge in [0.05, 0.1) is 5.69 Å². The van der Waals surface area contributed by atoms with Crippen LogP contribution < -0.4 is 5.32 Å². The second-order valence-corrected chi connectivity index (χ2v) is 10.3. The molecule has 1 aliphatic heterocycles. The molecule has 0 aliphatic carbocycles. The van der Waals surface area contributed by atoms with Gasteiger partial charge in [0.15, 0.2) is 0 Å². The lowest BCUT2D eigenvalue weighted by molar-refractivity contribution is 0.0202. The van der Waals surface area contributed by atoms with Crippen molar-refractivity contribution in [2.45, 2.75) is 97.8 Å². The second kappa shape index (κ2) is 8.85. The van der Waals surface area contributed by atoms with Gasteiger partial charge in [-0.25, -0.2) is 9.78 Å². The van der Waals surface area contributed by atoms with Crippen LogP contribution in [0.2, 0.25) is 0 Å². The van der Waals surface area contributed by atoms with Gasteiger partial charge in [-0.15, -0.1) is 0 Å². The lowest BCUT2D eigenvalue weighted by atomic mass is 9.96. The summed E-state index contributed by atoms with van der Waals surface area (Å²) >= 11 is 0. The molecule has 6 nitrogen and oxygen atoms in total. The van der Waals surface area contributed by atoms with E-state index in [4.69, 9.17) is 9.72 Å². The molecule has 1 aromatic heterocycles. The fourth-order valence-corrected chi connectivity index (χ4v) is 3.43. The van der Waals surface area contributed by atoms with Crippen molar-refractivity contribution >= 4 is 6.09 Å². The molecule has 2 rings (SSSR count). The summed E-state index contributed by atoms with van der Waals surface area (Å²) in [5.74, 6) is 1.97. The maximum atomic E-state index is 12.3. The minimum absolute atomic E-state index is 0.111. The molecular formula is C22H40N4O2. The van der Waals surface area contributed by atoms with Crippen molar-refractivity contribution in [3.05, 3.63) is 17.7 Å². The zero-order chi connectivity index (χ0) is 21.1. The number of hydrogen-bond acceptors (Lipinski definition) is 4. The predicted octanol–water partition coefficient (Wildman–Crippen LogP) is 4.51. The third-order valence-corrected chi connectivity index (χ3v) is 4.94. The predicted molar refractivity (Wildman–Crippen MR) is 114 cm³/mol. The highest BCUT2D eigenvalue weighted by molar-refractivity contribution is 5.68. The van der Waals surface area contributed by atoms with Crippen LogP contribution in [0.4, 0.5) is 4.79 Å². The standard InChI is InChI=1S/C22H40N4O2/c1-16(2)18-15-26(14-11-23-21(3,4)5)19(24-18)17-9-12-25(13-10-17)20(27)28-22(6,7)8/h15-17,23H,9-14H2,1-8H3. The van der Waals surface area contributed by atoms with E-state index >= 15 is 0 Å². The number of ether oxygens (including phenoxy) is 1. The summed E-state index contributed by atoms with van der Waals surface area (Å²) in [4.78, 5) is 19.1. The number of likely N-dealkylation sites (tertiary alicyclic amines) is 1. The minimum atomic E-state index is -0.448. The molecule has 2 heterocycles. The van der Waals surface area contributed by atoms with Gasteiger partial charge < -0.3 is 19.5 Å². The van der Waals surface area contributed by atoms with E-state index in [9.17, 15) is 4.79 Å². The van der Waals surface area contributed by atoms with Crippen molar-refractivity contribution in [2.75, 3.05) is 19.6 Å². The van der Waals surface area contributed by atoms with Gasteiger partial charge in [-0.1, -0.05) is 13.8 Å². The van der Waals surface area contributed by atoms with Gasteiger partial charge >= 0.3 is 6.09 Å². The lowest BCUT2D eigenvalue weighted by Crippen LogP contribution is -2.41. The van der Waals surface area contributed by atoms with Gasteiger partial charge in [-0.05, 0) is 60.3 Å². The molecular weight excluding hydrogens is 352 g/mol. The van der Waals surface area contributed by atoms with E-state index in [-0.39, 0.29) is 11.6 Å². The van der Waals surface area contributed by atoms with Crippen LogP contribution >= 0.6 is 0 Å². The van der Waals surface area contributed by atoms with E-state index in [1.165, 1.54) is 5.82 Å². The Balaban J connectivity index is 2.03. The van der Waals surface area contributed by atoms with Gasteiger partial charge in [0, 0.05) is 43.8 Å². The fourth-order valence-electron chi connectivity index (χ4n) is 3.43. The number of carbonyl (C=O) groups is 1. The first-order valence-electron chi connectivity index (χ1n) is 10.7. The normalized spacial score (nSPS) is 16.7. The Labute approximate surface area is 171 Å². The Kier molecular flexibility index (Phi) is 7.18. The van der Waals surface area contributed by atoms with Crippen LogP contribution in [0.3, 0.4) is 0 Å². The average molecular weight is 393 g/mol. The van der Waals surface area contributed by atoms with Gasteiger partial charge in [-0.3, -0.25) is 0 Å². The molecule has 160 valence electrons. The number of nitrogens with zero attached hydrogens (tertiary/aromatic N) is 3. The number of rotatable bonds is 5. The summed E-state index contributed by atoms with van der Waals surface area (Å²) in [6.07, 6.45) is 3.87. The number of aromatic nitrogens is 2. The molecule has 0 spiro atoms. The van der Waals surface area contributed by atoms with E-state index in [1.807, 2.05) is 25.7 Å². The van der Waals surface area contributed by atoms with Crippen molar-refractivity contribution in [1.82, 2.24) is 19.8 Å². The Bertz CT molecular complexity index is 644. The van der Waals surface area contributed by atoms with Gasteiger partial charge in [0.2, 0.25) is 0 Å². The maximum Gasteiger partial charge on any atom is 0.410 e. The molecule has 0 saturated carbocycles. The highest BCUT2D eigenvalue weighted by atomic mass is 16.6. The van der Waals surface area contributed by atoms with Gasteiger partial charge in [-0.2, -0.15) is 0 Å². The molecule has 0 unspecified atom stereocenters. The van der Waals surface area contributed by atoms with Crippen LogP contribution in [0.5, 0.6) is 0 Å². The van der Waals surface area contributed by atoms with Crippen LogP contribution in [0.25, 0.3) is 0 Å². The Morgan fingerprint density at radius 1 is 1.21 bits per heavy atom. The summed E-state index contributed by atoms with van der Waals surface area (Å²) < 4.78 is 7.84. The van der Waals surface area contributed by atoms with Crippen LogP contribution in [0.15, 0.2) is 6.20 Å². The molecule has 1 aromatic rings. The number of amides is 1. The monoisotopic (exact) mass is 392 g/mol. The first-order valence-corrected chi connectivity index (χ1v) is 10.7. The lowest BCUT2D eigenvalue weighted by Gasteiger charge is -2.33. The van der Waals surface area contributed by atoms with Crippen molar-refractivity contribution in [2.24, 2.45) is 0 Å². The van der Waals surface area contributed by atoms with Crippen molar-refractivity contribution in [1.29, 1.82) is 0 Å². The molecule has 1 amide bonds. The molecule has 1 N–H and O–H groups in total. The van der Waals surface area contributed by atoms with E-state index in [0.29, 0.717) is 11.8 Å². The second-order valence-electron chi connectivity index (χ2n) is 10.3. The molecule has 0 radical (unpaired) electrons. The van der Waals surface area contributed by atoms with Crippen molar-refractivity contribution in [3.8, 4) is 0 Å². The zero-order valence-electron chi connectivity index (χ0n) is 19.1. The molecule has 1 aliphatic rings. The summed E-state index contributed by atoms with van der Waals surface area (Å²) in [5, 5.41) is 3.56. The van der Waals surface area contributed by atoms with Crippen molar-refractivity contribution in [3.63, 3.8) is 0 Å². The summed E-state index contributed by atoms with van der Waals surface area (Å²) in [5.41, 5.74) is 0.817. The summed E-state index contributed by atoms with van der Waals surface area (Å²) in [7, 11) is 0. The molecule has 28 heavy (non-hydrogen) atoms. The van der Waals surface area contributed by atoms with Crippen LogP contribution in [-0.4, -0.2) is 51.3 Å². The molecule has 0 aromatic carbocycles. The highest BCUT2D eigenvalue weighted by Crippen LogP contribution is 2.29. The smallest absolute Gasteiger partial charge is 0.410 e. The van der Waals surface area contributed by atoms with Crippen LogP contribution in [0.1, 0.15) is 91.6 Å². The molecule has 1 saturated heterocycles. The first-order chi connectivity index (χ1) is 12.9. The highest BCUT2D eigenvalue weighted by Gasteiger charge is 2.30. The Hall–Kier alpha value is -1.56. The quantitative estimate of drug-likeness (QED) is 0.801. The number of piperidine rings is 1. The molecule has 1 fully saturated rings. The first kappa shape index (κ1) is 22.7.